The molecule has 0 unspecified atom stereocenters. The van der Waals surface area contributed by atoms with Gasteiger partial charge in [0.1, 0.15) is 0 Å². The van der Waals surface area contributed by atoms with Crippen molar-refractivity contribution in [3.05, 3.63) is 53.9 Å². The smallest absolute Gasteiger partial charge is 0.373 e. The Bertz CT molecular complexity index is 789. The monoisotopic (exact) mass is 267 g/mol. The first-order valence-corrected chi connectivity index (χ1v) is 6.41. The predicted octanol–water partition coefficient (Wildman–Crippen LogP) is 3.76. The summed E-state index contributed by atoms with van der Waals surface area (Å²) in [7, 11) is 0. The first-order valence-electron chi connectivity index (χ1n) is 6.41. The van der Waals surface area contributed by atoms with Gasteiger partial charge in [0.15, 0.2) is 0 Å². The molecule has 0 bridgehead atoms. The van der Waals surface area contributed by atoms with Crippen molar-refractivity contribution >= 4 is 16.7 Å². The number of aromatic carboxylic acids is 1. The van der Waals surface area contributed by atoms with Crippen molar-refractivity contribution in [1.29, 1.82) is 0 Å². The minimum Gasteiger partial charge on any atom is -0.475 e. The lowest BCUT2D eigenvalue weighted by molar-refractivity contribution is 0.0662. The van der Waals surface area contributed by atoms with E-state index in [1.807, 2.05) is 49.4 Å². The molecule has 0 spiro atoms. The molecule has 0 aliphatic heterocycles. The van der Waals surface area contributed by atoms with E-state index in [2.05, 4.69) is 4.98 Å². The van der Waals surface area contributed by atoms with Gasteiger partial charge in [0.25, 0.3) is 0 Å². The van der Waals surface area contributed by atoms with E-state index in [0.29, 0.717) is 18.0 Å². The van der Waals surface area contributed by atoms with Crippen LogP contribution in [0.2, 0.25) is 0 Å². The van der Waals surface area contributed by atoms with Crippen LogP contribution in [0.15, 0.2) is 46.9 Å². The number of carboxylic acids is 1. The molecule has 0 fully saturated rings. The van der Waals surface area contributed by atoms with Gasteiger partial charge >= 0.3 is 5.97 Å². The number of aromatic nitrogens is 1. The number of rotatable bonds is 3. The minimum atomic E-state index is -1.08. The topological polar surface area (TPSA) is 63.3 Å². The third kappa shape index (κ3) is 2.05. The van der Waals surface area contributed by atoms with Crippen molar-refractivity contribution in [3.8, 4) is 11.5 Å². The van der Waals surface area contributed by atoms with Gasteiger partial charge in [0, 0.05) is 5.56 Å². The first-order chi connectivity index (χ1) is 9.69. The number of carboxylic acid groups (broad SMARTS) is 1. The fraction of sp³-hybridized carbons (Fsp3) is 0.125. The Morgan fingerprint density at radius 2 is 1.95 bits per heavy atom. The molecule has 0 atom stereocenters. The highest BCUT2D eigenvalue weighted by atomic mass is 16.4. The summed E-state index contributed by atoms with van der Waals surface area (Å²) < 4.78 is 5.39. The number of hydrogen-bond donors (Lipinski definition) is 1. The molecule has 1 aromatic heterocycles. The van der Waals surface area contributed by atoms with Gasteiger partial charge in [0.2, 0.25) is 11.7 Å². The van der Waals surface area contributed by atoms with Crippen LogP contribution in [0.4, 0.5) is 0 Å². The van der Waals surface area contributed by atoms with Crippen molar-refractivity contribution < 1.29 is 14.3 Å². The van der Waals surface area contributed by atoms with E-state index >= 15 is 0 Å². The van der Waals surface area contributed by atoms with Gasteiger partial charge in [0.05, 0.1) is 5.69 Å². The second-order valence-electron chi connectivity index (χ2n) is 4.52. The Balaban J connectivity index is 2.13. The lowest BCUT2D eigenvalue weighted by Gasteiger charge is -1.99. The van der Waals surface area contributed by atoms with Gasteiger partial charge in [-0.25, -0.2) is 9.78 Å². The average molecular weight is 267 g/mol. The molecule has 3 rings (SSSR count). The van der Waals surface area contributed by atoms with Gasteiger partial charge in [-0.1, -0.05) is 37.3 Å². The number of hydrogen-bond acceptors (Lipinski definition) is 3. The van der Waals surface area contributed by atoms with E-state index < -0.39 is 5.97 Å². The number of oxazole rings is 1. The Morgan fingerprint density at radius 3 is 2.60 bits per heavy atom. The van der Waals surface area contributed by atoms with Crippen molar-refractivity contribution in [3.63, 3.8) is 0 Å². The molecule has 20 heavy (non-hydrogen) atoms. The maximum absolute atomic E-state index is 11.1. The maximum Gasteiger partial charge on any atom is 0.373 e. The summed E-state index contributed by atoms with van der Waals surface area (Å²) in [5.41, 5.74) is 1.26. The van der Waals surface area contributed by atoms with E-state index in [-0.39, 0.29) is 5.76 Å². The average Bonchev–Trinajstić information content (AvgIpc) is 2.91. The van der Waals surface area contributed by atoms with Crippen molar-refractivity contribution in [2.24, 2.45) is 0 Å². The molecule has 0 radical (unpaired) electrons. The second kappa shape index (κ2) is 4.81. The van der Waals surface area contributed by atoms with Crippen molar-refractivity contribution in [1.82, 2.24) is 4.98 Å². The summed E-state index contributed by atoms with van der Waals surface area (Å²) in [5.74, 6) is -0.804. The van der Waals surface area contributed by atoms with Crippen LogP contribution in [-0.2, 0) is 6.42 Å². The third-order valence-corrected chi connectivity index (χ3v) is 3.22. The number of carbonyl (C=O) groups is 1. The number of fused-ring (bicyclic) bond motifs is 1. The Labute approximate surface area is 115 Å². The van der Waals surface area contributed by atoms with Crippen molar-refractivity contribution in [2.45, 2.75) is 13.3 Å². The van der Waals surface area contributed by atoms with E-state index in [1.165, 1.54) is 0 Å². The molecule has 0 aliphatic rings. The lowest BCUT2D eigenvalue weighted by atomic mass is 10.1. The van der Waals surface area contributed by atoms with Crippen LogP contribution in [0.5, 0.6) is 0 Å². The molecular formula is C16H13NO3. The summed E-state index contributed by atoms with van der Waals surface area (Å²) in [6.45, 7) is 1.86. The molecule has 4 heteroatoms. The fourth-order valence-electron chi connectivity index (χ4n) is 2.20. The van der Waals surface area contributed by atoms with Gasteiger partial charge in [-0.15, -0.1) is 0 Å². The summed E-state index contributed by atoms with van der Waals surface area (Å²) in [6, 6.07) is 13.8. The highest BCUT2D eigenvalue weighted by molar-refractivity contribution is 5.88. The van der Waals surface area contributed by atoms with E-state index in [9.17, 15) is 4.79 Å². The number of benzene rings is 2. The van der Waals surface area contributed by atoms with Crippen LogP contribution in [0.1, 0.15) is 23.2 Å². The van der Waals surface area contributed by atoms with Crippen LogP contribution in [0.3, 0.4) is 0 Å². The van der Waals surface area contributed by atoms with E-state index in [0.717, 1.165) is 16.3 Å². The fourth-order valence-corrected chi connectivity index (χ4v) is 2.20. The van der Waals surface area contributed by atoms with E-state index in [1.54, 1.807) is 0 Å². The quantitative estimate of drug-likeness (QED) is 0.784. The standard InChI is InChI=1S/C16H13NO3/c1-2-13-14(16(18)19)20-15(17-13)12-8-7-10-5-3-4-6-11(10)9-12/h3-9H,2H2,1H3,(H,18,19). The number of aryl methyl sites for hydroxylation is 1. The Kier molecular flexibility index (Phi) is 2.99. The maximum atomic E-state index is 11.1. The molecule has 100 valence electrons. The van der Waals surface area contributed by atoms with Gasteiger partial charge in [-0.05, 0) is 29.3 Å². The molecule has 0 saturated heterocycles. The normalized spacial score (nSPS) is 10.8. The zero-order chi connectivity index (χ0) is 14.1. The first kappa shape index (κ1) is 12.4. The van der Waals surface area contributed by atoms with Crippen LogP contribution < -0.4 is 0 Å². The zero-order valence-corrected chi connectivity index (χ0v) is 11.0. The molecular weight excluding hydrogens is 254 g/mol. The molecule has 4 nitrogen and oxygen atoms in total. The van der Waals surface area contributed by atoms with E-state index in [4.69, 9.17) is 9.52 Å². The van der Waals surface area contributed by atoms with Gasteiger partial charge in [-0.2, -0.15) is 0 Å². The summed E-state index contributed by atoms with van der Waals surface area (Å²) in [6.07, 6.45) is 0.527. The second-order valence-corrected chi connectivity index (χ2v) is 4.52. The summed E-state index contributed by atoms with van der Waals surface area (Å²) in [4.78, 5) is 15.4. The van der Waals surface area contributed by atoms with Gasteiger partial charge in [-0.3, -0.25) is 0 Å². The molecule has 0 aliphatic carbocycles. The van der Waals surface area contributed by atoms with Crippen LogP contribution in [0.25, 0.3) is 22.2 Å². The lowest BCUT2D eigenvalue weighted by Crippen LogP contribution is -1.98. The van der Waals surface area contributed by atoms with Gasteiger partial charge < -0.3 is 9.52 Å². The number of nitrogens with zero attached hydrogens (tertiary/aromatic N) is 1. The van der Waals surface area contributed by atoms with Crippen LogP contribution >= 0.6 is 0 Å². The highest BCUT2D eigenvalue weighted by Gasteiger charge is 2.19. The molecule has 1 N–H and O–H groups in total. The molecule has 3 aromatic rings. The minimum absolute atomic E-state index is 0.0735. The molecule has 1 heterocycles. The summed E-state index contributed by atoms with van der Waals surface area (Å²) in [5, 5.41) is 11.3. The van der Waals surface area contributed by atoms with Crippen LogP contribution in [0, 0.1) is 0 Å². The molecule has 0 amide bonds. The Morgan fingerprint density at radius 1 is 1.20 bits per heavy atom. The highest BCUT2D eigenvalue weighted by Crippen LogP contribution is 2.26. The Hall–Kier alpha value is -2.62. The third-order valence-electron chi connectivity index (χ3n) is 3.22. The van der Waals surface area contributed by atoms with Crippen molar-refractivity contribution in [2.75, 3.05) is 0 Å². The molecule has 0 saturated carbocycles. The zero-order valence-electron chi connectivity index (χ0n) is 11.0. The largest absolute Gasteiger partial charge is 0.475 e. The summed E-state index contributed by atoms with van der Waals surface area (Å²) >= 11 is 0. The predicted molar refractivity (Wildman–Crippen MR) is 75.8 cm³/mol. The molecule has 2 aromatic carbocycles. The van der Waals surface area contributed by atoms with Crippen LogP contribution in [-0.4, -0.2) is 16.1 Å². The SMILES string of the molecule is CCc1nc(-c2ccc3ccccc3c2)oc1C(=O)O.